The van der Waals surface area contributed by atoms with Gasteiger partial charge in [0.2, 0.25) is 11.0 Å². The first kappa shape index (κ1) is 24.1. The van der Waals surface area contributed by atoms with Gasteiger partial charge < -0.3 is 15.4 Å². The molecule has 0 aliphatic rings. The van der Waals surface area contributed by atoms with E-state index >= 15 is 0 Å². The van der Waals surface area contributed by atoms with Gasteiger partial charge in [-0.2, -0.15) is 0 Å². The van der Waals surface area contributed by atoms with Crippen molar-refractivity contribution in [2.75, 3.05) is 0 Å². The zero-order valence-electron chi connectivity index (χ0n) is 18.3. The molecule has 170 valence electrons. The first-order chi connectivity index (χ1) is 16.0. The summed E-state index contributed by atoms with van der Waals surface area (Å²) in [7, 11) is 0. The molecule has 0 saturated heterocycles. The van der Waals surface area contributed by atoms with Crippen LogP contribution >= 0.6 is 11.8 Å². The first-order valence-electron chi connectivity index (χ1n) is 10.6. The molecular weight excluding hydrogens is 436 g/mol. The summed E-state index contributed by atoms with van der Waals surface area (Å²) in [5, 5.41) is 5.16. The van der Waals surface area contributed by atoms with E-state index in [2.05, 4.69) is 10.6 Å². The number of carbonyl (C=O) groups is 3. The van der Waals surface area contributed by atoms with Gasteiger partial charge in [-0.1, -0.05) is 78.9 Å². The third kappa shape index (κ3) is 8.12. The van der Waals surface area contributed by atoms with E-state index in [0.717, 1.165) is 27.8 Å². The minimum atomic E-state index is -0.896. The largest absolute Gasteiger partial charge is 0.445 e. The molecule has 0 fully saturated rings. The van der Waals surface area contributed by atoms with Crippen LogP contribution in [0.25, 0.3) is 0 Å². The van der Waals surface area contributed by atoms with Gasteiger partial charge in [-0.05, 0) is 41.9 Å². The minimum Gasteiger partial charge on any atom is -0.445 e. The molecule has 3 aromatic rings. The number of alkyl carbamates (subject to hydrolysis) is 1. The Hall–Kier alpha value is -3.58. The van der Waals surface area contributed by atoms with Gasteiger partial charge in [-0.15, -0.1) is 0 Å². The summed E-state index contributed by atoms with van der Waals surface area (Å²) < 4.78 is 5.28. The minimum absolute atomic E-state index is 0.0922. The van der Waals surface area contributed by atoms with Crippen LogP contribution in [0.3, 0.4) is 0 Å². The van der Waals surface area contributed by atoms with Crippen molar-refractivity contribution in [3.8, 4) is 0 Å². The Balaban J connectivity index is 1.61. The zero-order valence-corrected chi connectivity index (χ0v) is 19.1. The number of benzene rings is 3. The number of hydrogen-bond donors (Lipinski definition) is 2. The summed E-state index contributed by atoms with van der Waals surface area (Å²) in [6.45, 7) is 1.72. The first-order valence-corrected chi connectivity index (χ1v) is 11.4. The van der Waals surface area contributed by atoms with Crippen molar-refractivity contribution < 1.29 is 19.1 Å². The summed E-state index contributed by atoms with van der Waals surface area (Å²) in [4.78, 5) is 38.7. The lowest BCUT2D eigenvalue weighted by Gasteiger charge is -2.21. The predicted molar refractivity (Wildman–Crippen MR) is 129 cm³/mol. The molecule has 0 spiro atoms. The van der Waals surface area contributed by atoms with Crippen molar-refractivity contribution in [2.24, 2.45) is 0 Å². The van der Waals surface area contributed by atoms with E-state index in [1.54, 1.807) is 6.92 Å². The molecule has 3 rings (SSSR count). The van der Waals surface area contributed by atoms with Crippen LogP contribution in [-0.2, 0) is 27.4 Å². The lowest BCUT2D eigenvalue weighted by molar-refractivity contribution is -0.126. The van der Waals surface area contributed by atoms with Gasteiger partial charge in [0.1, 0.15) is 12.6 Å². The van der Waals surface area contributed by atoms with Gasteiger partial charge >= 0.3 is 6.09 Å². The molecule has 33 heavy (non-hydrogen) atoms. The molecule has 0 unspecified atom stereocenters. The van der Waals surface area contributed by atoms with Crippen molar-refractivity contribution in [1.29, 1.82) is 0 Å². The number of amides is 2. The lowest BCUT2D eigenvalue weighted by Crippen LogP contribution is -2.51. The fourth-order valence-corrected chi connectivity index (χ4v) is 3.79. The maximum Gasteiger partial charge on any atom is 0.408 e. The summed E-state index contributed by atoms with van der Waals surface area (Å²) >= 11 is 1.06. The van der Waals surface area contributed by atoms with Crippen LogP contribution in [0.1, 0.15) is 18.1 Å². The van der Waals surface area contributed by atoms with Crippen LogP contribution in [0.5, 0.6) is 0 Å². The molecule has 2 N–H and O–H groups in total. The Morgan fingerprint density at radius 1 is 0.788 bits per heavy atom. The number of nitrogens with one attached hydrogen (secondary N) is 2. The fourth-order valence-electron chi connectivity index (χ4n) is 3.03. The average Bonchev–Trinajstić information content (AvgIpc) is 2.84. The second-order valence-corrected chi connectivity index (χ2v) is 8.49. The van der Waals surface area contributed by atoms with Crippen LogP contribution in [0, 0.1) is 0 Å². The fraction of sp³-hybridized carbons (Fsp3) is 0.192. The molecule has 0 saturated carbocycles. The maximum atomic E-state index is 13.0. The Kier molecular flexibility index (Phi) is 9.08. The molecule has 0 aromatic heterocycles. The van der Waals surface area contributed by atoms with Crippen LogP contribution < -0.4 is 10.6 Å². The van der Waals surface area contributed by atoms with Crippen molar-refractivity contribution in [1.82, 2.24) is 10.6 Å². The standard InChI is InChI=1S/C26H26N2O4S/c1-19(25(30)33-22-15-9-4-10-16-22)27-24(29)23(17-20-11-5-2-6-12-20)28-26(31)32-18-21-13-7-3-8-14-21/h2-16,19,23H,17-18H2,1H3,(H,27,29)(H,28,31)/t19-,23+/m1/s1. The quantitative estimate of drug-likeness (QED) is 0.462. The van der Waals surface area contributed by atoms with E-state index < -0.39 is 24.1 Å². The SMILES string of the molecule is C[C@@H](NC(=O)[C@H](Cc1ccccc1)NC(=O)OCc1ccccc1)C(=O)Sc1ccccc1. The normalized spacial score (nSPS) is 12.3. The van der Waals surface area contributed by atoms with Crippen LogP contribution in [0.4, 0.5) is 4.79 Å². The van der Waals surface area contributed by atoms with E-state index in [0.29, 0.717) is 0 Å². The van der Waals surface area contributed by atoms with Gasteiger partial charge in [0.05, 0.1) is 6.04 Å². The molecule has 2 amide bonds. The van der Waals surface area contributed by atoms with Crippen LogP contribution in [0.15, 0.2) is 95.9 Å². The number of hydrogen-bond acceptors (Lipinski definition) is 5. The highest BCUT2D eigenvalue weighted by Crippen LogP contribution is 2.19. The van der Waals surface area contributed by atoms with E-state index in [-0.39, 0.29) is 18.1 Å². The van der Waals surface area contributed by atoms with Crippen molar-refractivity contribution in [2.45, 2.75) is 36.9 Å². The Morgan fingerprint density at radius 2 is 1.33 bits per heavy atom. The number of ether oxygens (including phenoxy) is 1. The summed E-state index contributed by atoms with van der Waals surface area (Å²) in [6.07, 6.45) is -0.438. The van der Waals surface area contributed by atoms with E-state index in [9.17, 15) is 14.4 Å². The molecule has 3 aromatic carbocycles. The topological polar surface area (TPSA) is 84.5 Å². The van der Waals surface area contributed by atoms with E-state index in [1.807, 2.05) is 91.0 Å². The molecular formula is C26H26N2O4S. The summed E-state index contributed by atoms with van der Waals surface area (Å²) in [6, 6.07) is 26.2. The van der Waals surface area contributed by atoms with E-state index in [1.165, 1.54) is 0 Å². The van der Waals surface area contributed by atoms with Crippen LogP contribution in [-0.4, -0.2) is 29.2 Å². The molecule has 6 nitrogen and oxygen atoms in total. The van der Waals surface area contributed by atoms with Gasteiger partial charge in [0, 0.05) is 11.3 Å². The molecule has 2 atom stereocenters. The summed E-state index contributed by atoms with van der Waals surface area (Å²) in [5.74, 6) is -0.454. The molecule has 7 heteroatoms. The van der Waals surface area contributed by atoms with Gasteiger partial charge in [-0.3, -0.25) is 9.59 Å². The Bertz CT molecular complexity index is 1050. The molecule has 0 radical (unpaired) electrons. The predicted octanol–water partition coefficient (Wildman–Crippen LogP) is 4.35. The molecule has 0 bridgehead atoms. The van der Waals surface area contributed by atoms with Gasteiger partial charge in [-0.25, -0.2) is 4.79 Å². The average molecular weight is 463 g/mol. The number of carbonyl (C=O) groups excluding carboxylic acids is 3. The second kappa shape index (κ2) is 12.5. The highest BCUT2D eigenvalue weighted by atomic mass is 32.2. The van der Waals surface area contributed by atoms with Gasteiger partial charge in [0.15, 0.2) is 0 Å². The van der Waals surface area contributed by atoms with Crippen molar-refractivity contribution >= 4 is 28.9 Å². The second-order valence-electron chi connectivity index (χ2n) is 7.41. The number of thioether (sulfide) groups is 1. The zero-order chi connectivity index (χ0) is 23.5. The van der Waals surface area contributed by atoms with E-state index in [4.69, 9.17) is 4.74 Å². The highest BCUT2D eigenvalue weighted by molar-refractivity contribution is 8.13. The smallest absolute Gasteiger partial charge is 0.408 e. The Morgan fingerprint density at radius 3 is 1.94 bits per heavy atom. The lowest BCUT2D eigenvalue weighted by atomic mass is 10.1. The number of rotatable bonds is 9. The highest BCUT2D eigenvalue weighted by Gasteiger charge is 2.25. The molecule has 0 aliphatic heterocycles. The maximum absolute atomic E-state index is 13.0. The Labute approximate surface area is 197 Å². The monoisotopic (exact) mass is 462 g/mol. The third-order valence-electron chi connectivity index (χ3n) is 4.78. The molecule has 0 heterocycles. The van der Waals surface area contributed by atoms with Crippen LogP contribution in [0.2, 0.25) is 0 Å². The van der Waals surface area contributed by atoms with Crippen molar-refractivity contribution in [3.63, 3.8) is 0 Å². The molecule has 0 aliphatic carbocycles. The van der Waals surface area contributed by atoms with Gasteiger partial charge in [0.25, 0.3) is 0 Å². The third-order valence-corrected chi connectivity index (χ3v) is 5.84. The summed E-state index contributed by atoms with van der Waals surface area (Å²) in [5.41, 5.74) is 1.72. The van der Waals surface area contributed by atoms with Crippen molar-refractivity contribution in [3.05, 3.63) is 102 Å².